The third-order valence-corrected chi connectivity index (χ3v) is 1.69. The van der Waals surface area contributed by atoms with Crippen LogP contribution in [-0.4, -0.2) is 14.2 Å². The molecule has 0 amide bonds. The van der Waals surface area contributed by atoms with Crippen LogP contribution in [0.4, 0.5) is 0 Å². The molecule has 0 saturated carbocycles. The zero-order valence-corrected chi connectivity index (χ0v) is 7.15. The summed E-state index contributed by atoms with van der Waals surface area (Å²) in [5.41, 5.74) is 10.2. The van der Waals surface area contributed by atoms with Gasteiger partial charge < -0.3 is 9.47 Å². The van der Waals surface area contributed by atoms with Crippen LogP contribution in [0, 0.1) is 0 Å². The Morgan fingerprint density at radius 3 is 2.00 bits per heavy atom. The molecular formula is C9H11NO2. The highest BCUT2D eigenvalue weighted by atomic mass is 16.7. The molecule has 12 heavy (non-hydrogen) atoms. The van der Waals surface area contributed by atoms with E-state index in [9.17, 15) is 5.73 Å². The quantitative estimate of drug-likeness (QED) is 0.630. The van der Waals surface area contributed by atoms with Gasteiger partial charge in [0.2, 0.25) is 0 Å². The van der Waals surface area contributed by atoms with Gasteiger partial charge in [-0.15, -0.1) is 0 Å². The molecular weight excluding hydrogens is 154 g/mol. The highest BCUT2D eigenvalue weighted by molar-refractivity contribution is 5.18. The summed E-state index contributed by atoms with van der Waals surface area (Å²) in [7, 11) is 2.77. The second-order valence-electron chi connectivity index (χ2n) is 2.36. The van der Waals surface area contributed by atoms with Crippen molar-refractivity contribution in [1.82, 2.24) is 5.73 Å². The molecule has 64 valence electrons. The second kappa shape index (κ2) is 3.67. The van der Waals surface area contributed by atoms with Gasteiger partial charge in [0.05, 0.1) is 0 Å². The maximum atomic E-state index is 9.66. The summed E-state index contributed by atoms with van der Waals surface area (Å²) in [5, 5.41) is 0. The Kier molecular flexibility index (Phi) is 2.81. The highest BCUT2D eigenvalue weighted by Gasteiger charge is 2.28. The smallest absolute Gasteiger partial charge is 0.287 e. The fourth-order valence-electron chi connectivity index (χ4n) is 0.968. The maximum absolute atomic E-state index is 9.66. The molecule has 0 aliphatic heterocycles. The van der Waals surface area contributed by atoms with Gasteiger partial charge in [-0.3, -0.25) is 0 Å². The Hall–Kier alpha value is -0.900. The molecule has 0 aliphatic carbocycles. The SMILES string of the molecule is COC([N])(OC)c1ccccc1. The lowest BCUT2D eigenvalue weighted by atomic mass is 10.2. The topological polar surface area (TPSA) is 40.8 Å². The molecule has 2 radical (unpaired) electrons. The molecule has 0 aromatic heterocycles. The van der Waals surface area contributed by atoms with Gasteiger partial charge in [-0.2, -0.15) is 0 Å². The summed E-state index contributed by atoms with van der Waals surface area (Å²) in [6, 6.07) is 8.92. The predicted octanol–water partition coefficient (Wildman–Crippen LogP) is 1.16. The van der Waals surface area contributed by atoms with E-state index < -0.39 is 5.91 Å². The van der Waals surface area contributed by atoms with Crippen molar-refractivity contribution in [1.29, 1.82) is 0 Å². The van der Waals surface area contributed by atoms with Crippen LogP contribution in [0.5, 0.6) is 0 Å². The average Bonchev–Trinajstić information content (AvgIpc) is 2.18. The Bertz CT molecular complexity index is 232. The summed E-state index contributed by atoms with van der Waals surface area (Å²) in [5.74, 6) is -1.62. The van der Waals surface area contributed by atoms with Crippen molar-refractivity contribution in [2.45, 2.75) is 5.91 Å². The lowest BCUT2D eigenvalue weighted by Gasteiger charge is -2.22. The summed E-state index contributed by atoms with van der Waals surface area (Å²) in [6.45, 7) is 0. The Morgan fingerprint density at radius 1 is 1.08 bits per heavy atom. The highest BCUT2D eigenvalue weighted by Crippen LogP contribution is 2.20. The standard InChI is InChI=1S/C9H11NO2/c1-11-9(10,12-2)8-6-4-3-5-7-8/h3-7H,1-2H3. The predicted molar refractivity (Wildman–Crippen MR) is 44.3 cm³/mol. The largest absolute Gasteiger partial charge is 0.335 e. The molecule has 0 heterocycles. The second-order valence-corrected chi connectivity index (χ2v) is 2.36. The minimum Gasteiger partial charge on any atom is -0.335 e. The van der Waals surface area contributed by atoms with Crippen molar-refractivity contribution in [3.05, 3.63) is 35.9 Å². The van der Waals surface area contributed by atoms with Gasteiger partial charge in [0.15, 0.2) is 0 Å². The third kappa shape index (κ3) is 1.64. The fraction of sp³-hybridized carbons (Fsp3) is 0.333. The molecule has 3 nitrogen and oxygen atoms in total. The molecule has 0 unspecified atom stereocenters. The number of hydrogen-bond acceptors (Lipinski definition) is 2. The van der Waals surface area contributed by atoms with Crippen LogP contribution in [0.2, 0.25) is 0 Å². The van der Waals surface area contributed by atoms with Gasteiger partial charge in [-0.1, -0.05) is 36.1 Å². The molecule has 0 saturated heterocycles. The third-order valence-electron chi connectivity index (χ3n) is 1.69. The first-order valence-electron chi connectivity index (χ1n) is 3.61. The molecule has 1 aromatic carbocycles. The van der Waals surface area contributed by atoms with Gasteiger partial charge in [0, 0.05) is 19.8 Å². The zero-order valence-electron chi connectivity index (χ0n) is 7.15. The first kappa shape index (κ1) is 9.19. The van der Waals surface area contributed by atoms with Crippen molar-refractivity contribution in [3.63, 3.8) is 0 Å². The number of rotatable bonds is 3. The van der Waals surface area contributed by atoms with Crippen molar-refractivity contribution >= 4 is 0 Å². The lowest BCUT2D eigenvalue weighted by molar-refractivity contribution is -0.217. The van der Waals surface area contributed by atoms with Crippen molar-refractivity contribution < 1.29 is 9.47 Å². The summed E-state index contributed by atoms with van der Waals surface area (Å²) in [6.07, 6.45) is 0. The molecule has 0 fully saturated rings. The molecule has 1 aromatic rings. The number of hydrogen-bond donors (Lipinski definition) is 0. The van der Waals surface area contributed by atoms with Crippen LogP contribution in [-0.2, 0) is 15.4 Å². The van der Waals surface area contributed by atoms with E-state index in [2.05, 4.69) is 0 Å². The van der Waals surface area contributed by atoms with Gasteiger partial charge in [-0.25, -0.2) is 0 Å². The Balaban J connectivity index is 2.95. The van der Waals surface area contributed by atoms with Crippen LogP contribution in [0.15, 0.2) is 30.3 Å². The van der Waals surface area contributed by atoms with Crippen molar-refractivity contribution in [2.75, 3.05) is 14.2 Å². The van der Waals surface area contributed by atoms with Crippen molar-refractivity contribution in [2.24, 2.45) is 0 Å². The molecule has 0 N–H and O–H groups in total. The van der Waals surface area contributed by atoms with Gasteiger partial charge in [0.25, 0.3) is 5.91 Å². The van der Waals surface area contributed by atoms with E-state index >= 15 is 0 Å². The monoisotopic (exact) mass is 165 g/mol. The van der Waals surface area contributed by atoms with Gasteiger partial charge >= 0.3 is 0 Å². The summed E-state index contributed by atoms with van der Waals surface area (Å²) >= 11 is 0. The molecule has 1 rings (SSSR count). The molecule has 0 aliphatic rings. The minimum absolute atomic E-state index is 0.579. The summed E-state index contributed by atoms with van der Waals surface area (Å²) in [4.78, 5) is 0. The molecule has 0 atom stereocenters. The van der Waals surface area contributed by atoms with Crippen LogP contribution < -0.4 is 5.73 Å². The number of ether oxygens (including phenoxy) is 2. The van der Waals surface area contributed by atoms with E-state index in [1.54, 1.807) is 24.3 Å². The number of nitrogens with zero attached hydrogens (tertiary/aromatic N) is 1. The van der Waals surface area contributed by atoms with E-state index in [0.717, 1.165) is 0 Å². The van der Waals surface area contributed by atoms with E-state index in [0.29, 0.717) is 5.56 Å². The van der Waals surface area contributed by atoms with Crippen LogP contribution in [0.25, 0.3) is 0 Å². The first-order valence-corrected chi connectivity index (χ1v) is 3.61. The first-order chi connectivity index (χ1) is 5.73. The van der Waals surface area contributed by atoms with E-state index in [-0.39, 0.29) is 0 Å². The Morgan fingerprint density at radius 2 is 1.58 bits per heavy atom. The molecule has 0 bridgehead atoms. The van der Waals surface area contributed by atoms with Crippen molar-refractivity contribution in [3.8, 4) is 0 Å². The summed E-state index contributed by atoms with van der Waals surface area (Å²) < 4.78 is 9.61. The van der Waals surface area contributed by atoms with E-state index in [1.165, 1.54) is 14.2 Å². The Labute approximate surface area is 72.1 Å². The lowest BCUT2D eigenvalue weighted by Crippen LogP contribution is -2.31. The normalized spacial score (nSPS) is 11.6. The van der Waals surface area contributed by atoms with E-state index in [4.69, 9.17) is 9.47 Å². The fourth-order valence-corrected chi connectivity index (χ4v) is 0.968. The zero-order chi connectivity index (χ0) is 9.03. The molecule has 3 heteroatoms. The number of benzene rings is 1. The van der Waals surface area contributed by atoms with Gasteiger partial charge in [-0.05, 0) is 0 Å². The van der Waals surface area contributed by atoms with Crippen LogP contribution >= 0.6 is 0 Å². The minimum atomic E-state index is -1.62. The average molecular weight is 165 g/mol. The van der Waals surface area contributed by atoms with Crippen LogP contribution in [0.3, 0.4) is 0 Å². The van der Waals surface area contributed by atoms with Crippen LogP contribution in [0.1, 0.15) is 5.56 Å². The molecule has 0 spiro atoms. The maximum Gasteiger partial charge on any atom is 0.287 e. The number of methoxy groups -OCH3 is 2. The van der Waals surface area contributed by atoms with E-state index in [1.807, 2.05) is 6.07 Å². The van der Waals surface area contributed by atoms with Gasteiger partial charge in [0.1, 0.15) is 0 Å².